The number of carbonyl (C=O) groups excluding carboxylic acids is 1. The zero-order chi connectivity index (χ0) is 16.7. The van der Waals surface area contributed by atoms with Crippen LogP contribution < -0.4 is 11.1 Å². The van der Waals surface area contributed by atoms with Gasteiger partial charge in [0.05, 0.1) is 24.1 Å². The maximum atomic E-state index is 12.1. The number of hydrogen-bond donors (Lipinski definition) is 3. The number of nitrogens with zero attached hydrogens (tertiary/aromatic N) is 3. The van der Waals surface area contributed by atoms with E-state index in [1.807, 2.05) is 12.1 Å². The minimum Gasteiger partial charge on any atom is -0.398 e. The van der Waals surface area contributed by atoms with Gasteiger partial charge in [-0.05, 0) is 35.6 Å². The number of fused-ring (bicyclic) bond motifs is 1. The van der Waals surface area contributed by atoms with Crippen molar-refractivity contribution in [1.29, 1.82) is 5.26 Å². The molecule has 1 aliphatic rings. The molecule has 0 spiro atoms. The van der Waals surface area contributed by atoms with Gasteiger partial charge in [-0.3, -0.25) is 9.89 Å². The molecule has 0 bridgehead atoms. The van der Waals surface area contributed by atoms with Crippen LogP contribution in [0.3, 0.4) is 0 Å². The van der Waals surface area contributed by atoms with Gasteiger partial charge in [0.2, 0.25) is 5.91 Å². The molecule has 1 aliphatic carbocycles. The van der Waals surface area contributed by atoms with Crippen molar-refractivity contribution in [2.45, 2.75) is 6.42 Å². The molecule has 2 heterocycles. The zero-order valence-electron chi connectivity index (χ0n) is 12.7. The average molecular weight is 318 g/mol. The molecule has 1 aromatic carbocycles. The van der Waals surface area contributed by atoms with Crippen LogP contribution in [0.4, 0.5) is 11.5 Å². The number of amides is 1. The quantitative estimate of drug-likeness (QED) is 0.640. The summed E-state index contributed by atoms with van der Waals surface area (Å²) in [7, 11) is 0. The first-order valence-corrected chi connectivity index (χ1v) is 7.54. The lowest BCUT2D eigenvalue weighted by Crippen LogP contribution is -2.15. The van der Waals surface area contributed by atoms with E-state index in [1.165, 1.54) is 0 Å². The van der Waals surface area contributed by atoms with E-state index in [0.29, 0.717) is 17.9 Å². The number of nitriles is 1. The van der Waals surface area contributed by atoms with E-state index >= 15 is 0 Å². The van der Waals surface area contributed by atoms with Crippen molar-refractivity contribution in [3.05, 3.63) is 36.8 Å². The lowest BCUT2D eigenvalue weighted by molar-refractivity contribution is -0.117. The monoisotopic (exact) mass is 318 g/mol. The van der Waals surface area contributed by atoms with Crippen molar-refractivity contribution in [3.63, 3.8) is 0 Å². The van der Waals surface area contributed by atoms with Crippen LogP contribution in [0.15, 0.2) is 36.8 Å². The SMILES string of the molecule is N#C[C@H]1C[C@@H]1C(=O)Nc1cc2cc(-c3cn[nH]c3)cc(N)c2cn1. The molecule has 0 radical (unpaired) electrons. The summed E-state index contributed by atoms with van der Waals surface area (Å²) in [6.45, 7) is 0. The topological polar surface area (TPSA) is 120 Å². The van der Waals surface area contributed by atoms with E-state index in [-0.39, 0.29) is 17.7 Å². The number of aromatic amines is 1. The Hall–Kier alpha value is -3.40. The van der Waals surface area contributed by atoms with Crippen LogP contribution in [0.2, 0.25) is 0 Å². The number of H-pyrrole nitrogens is 1. The third-order valence-electron chi connectivity index (χ3n) is 4.24. The summed E-state index contributed by atoms with van der Waals surface area (Å²) in [5.74, 6) is -0.101. The molecule has 7 nitrogen and oxygen atoms in total. The van der Waals surface area contributed by atoms with E-state index in [9.17, 15) is 4.79 Å². The molecular weight excluding hydrogens is 304 g/mol. The summed E-state index contributed by atoms with van der Waals surface area (Å²) in [4.78, 5) is 16.3. The van der Waals surface area contributed by atoms with E-state index < -0.39 is 0 Å². The van der Waals surface area contributed by atoms with Gasteiger partial charge < -0.3 is 11.1 Å². The maximum Gasteiger partial charge on any atom is 0.230 e. The Kier molecular flexibility index (Phi) is 3.17. The number of aromatic nitrogens is 3. The van der Waals surface area contributed by atoms with Gasteiger partial charge in [0, 0.05) is 29.0 Å². The number of rotatable bonds is 3. The number of anilines is 2. The summed E-state index contributed by atoms with van der Waals surface area (Å²) in [6, 6.07) is 7.74. The number of nitrogens with one attached hydrogen (secondary N) is 2. The Balaban J connectivity index is 1.67. The number of nitrogens with two attached hydrogens (primary N) is 1. The van der Waals surface area contributed by atoms with E-state index in [2.05, 4.69) is 26.6 Å². The predicted octanol–water partition coefficient (Wildman–Crippen LogP) is 2.31. The Labute approximate surface area is 137 Å². The molecule has 7 heteroatoms. The predicted molar refractivity (Wildman–Crippen MR) is 89.6 cm³/mol. The van der Waals surface area contributed by atoms with Crippen LogP contribution in [0.25, 0.3) is 21.9 Å². The molecule has 1 fully saturated rings. The minimum absolute atomic E-state index is 0.160. The molecule has 4 rings (SSSR count). The van der Waals surface area contributed by atoms with Crippen molar-refractivity contribution in [3.8, 4) is 17.2 Å². The highest BCUT2D eigenvalue weighted by Gasteiger charge is 2.43. The van der Waals surface area contributed by atoms with Crippen molar-refractivity contribution in [2.24, 2.45) is 11.8 Å². The molecular formula is C17H14N6O. The fraction of sp³-hybridized carbons (Fsp3) is 0.176. The van der Waals surface area contributed by atoms with E-state index in [1.54, 1.807) is 24.7 Å². The van der Waals surface area contributed by atoms with Crippen LogP contribution in [0.5, 0.6) is 0 Å². The van der Waals surface area contributed by atoms with Crippen molar-refractivity contribution in [1.82, 2.24) is 15.2 Å². The van der Waals surface area contributed by atoms with Gasteiger partial charge in [0.25, 0.3) is 0 Å². The van der Waals surface area contributed by atoms with Crippen molar-refractivity contribution < 1.29 is 4.79 Å². The molecule has 2 atom stereocenters. The number of carbonyl (C=O) groups is 1. The molecule has 0 saturated heterocycles. The highest BCUT2D eigenvalue weighted by atomic mass is 16.2. The molecule has 2 aromatic heterocycles. The summed E-state index contributed by atoms with van der Waals surface area (Å²) in [6.07, 6.45) is 5.78. The second kappa shape index (κ2) is 5.35. The smallest absolute Gasteiger partial charge is 0.230 e. The third kappa shape index (κ3) is 2.44. The Bertz CT molecular complexity index is 973. The van der Waals surface area contributed by atoms with Gasteiger partial charge in [-0.25, -0.2) is 4.98 Å². The van der Waals surface area contributed by atoms with Crippen LogP contribution >= 0.6 is 0 Å². The van der Waals surface area contributed by atoms with Crippen molar-refractivity contribution >= 4 is 28.2 Å². The van der Waals surface area contributed by atoms with Gasteiger partial charge in [-0.1, -0.05) is 0 Å². The molecule has 118 valence electrons. The first-order valence-electron chi connectivity index (χ1n) is 7.54. The molecule has 0 aliphatic heterocycles. The highest BCUT2D eigenvalue weighted by molar-refractivity contribution is 6.00. The number of benzene rings is 1. The summed E-state index contributed by atoms with van der Waals surface area (Å²) < 4.78 is 0. The third-order valence-corrected chi connectivity index (χ3v) is 4.24. The first kappa shape index (κ1) is 14.2. The van der Waals surface area contributed by atoms with Gasteiger partial charge >= 0.3 is 0 Å². The van der Waals surface area contributed by atoms with Gasteiger partial charge in [-0.2, -0.15) is 10.4 Å². The van der Waals surface area contributed by atoms with Crippen LogP contribution in [0, 0.1) is 23.2 Å². The number of pyridine rings is 1. The van der Waals surface area contributed by atoms with Gasteiger partial charge in [-0.15, -0.1) is 0 Å². The van der Waals surface area contributed by atoms with Crippen LogP contribution in [-0.2, 0) is 4.79 Å². The lowest BCUT2D eigenvalue weighted by Gasteiger charge is -2.08. The summed E-state index contributed by atoms with van der Waals surface area (Å²) in [5, 5.41) is 20.0. The fourth-order valence-electron chi connectivity index (χ4n) is 2.78. The Morgan fingerprint density at radius 2 is 2.21 bits per heavy atom. The maximum absolute atomic E-state index is 12.1. The second-order valence-corrected chi connectivity index (χ2v) is 5.91. The Morgan fingerprint density at radius 1 is 1.33 bits per heavy atom. The number of hydrogen-bond acceptors (Lipinski definition) is 5. The molecule has 0 unspecified atom stereocenters. The molecule has 1 amide bonds. The highest BCUT2D eigenvalue weighted by Crippen LogP contribution is 2.38. The molecule has 24 heavy (non-hydrogen) atoms. The second-order valence-electron chi connectivity index (χ2n) is 5.91. The minimum atomic E-state index is -0.227. The first-order chi connectivity index (χ1) is 11.7. The summed E-state index contributed by atoms with van der Waals surface area (Å²) >= 11 is 0. The van der Waals surface area contributed by atoms with E-state index in [4.69, 9.17) is 11.0 Å². The molecule has 3 aromatic rings. The largest absolute Gasteiger partial charge is 0.398 e. The number of nitrogen functional groups attached to an aromatic ring is 1. The van der Waals surface area contributed by atoms with Gasteiger partial charge in [0.15, 0.2) is 0 Å². The van der Waals surface area contributed by atoms with Crippen molar-refractivity contribution in [2.75, 3.05) is 11.1 Å². The van der Waals surface area contributed by atoms with Gasteiger partial charge in [0.1, 0.15) is 5.82 Å². The zero-order valence-corrected chi connectivity index (χ0v) is 12.7. The Morgan fingerprint density at radius 3 is 2.92 bits per heavy atom. The standard InChI is InChI=1S/C17H14N6O/c18-5-11-2-13(11)17(24)23-16-4-10-1-9(12-6-21-22-7-12)3-15(19)14(10)8-20-16/h1,3-4,6-8,11,13H,2,19H2,(H,21,22)(H,20,23,24)/t11-,13+/m1/s1. The fourth-order valence-corrected chi connectivity index (χ4v) is 2.78. The molecule has 4 N–H and O–H groups in total. The lowest BCUT2D eigenvalue weighted by atomic mass is 10.0. The normalized spacial score (nSPS) is 19.0. The van der Waals surface area contributed by atoms with Crippen LogP contribution in [0.1, 0.15) is 6.42 Å². The molecule has 1 saturated carbocycles. The van der Waals surface area contributed by atoms with Crippen LogP contribution in [-0.4, -0.2) is 21.1 Å². The summed E-state index contributed by atoms with van der Waals surface area (Å²) in [5.41, 5.74) is 8.59. The average Bonchev–Trinajstić information content (AvgIpc) is 3.17. The van der Waals surface area contributed by atoms with E-state index in [0.717, 1.165) is 21.9 Å².